The molecule has 0 amide bonds. The van der Waals surface area contributed by atoms with E-state index in [1.54, 1.807) is 0 Å². The maximum absolute atomic E-state index is 13.1. The van der Waals surface area contributed by atoms with Gasteiger partial charge in [-0.1, -0.05) is 20.3 Å². The van der Waals surface area contributed by atoms with Crippen LogP contribution in [0.25, 0.3) is 0 Å². The van der Waals surface area contributed by atoms with Crippen LogP contribution < -0.4 is 0 Å². The predicted molar refractivity (Wildman–Crippen MR) is 83.1 cm³/mol. The fourth-order valence-electron chi connectivity index (χ4n) is 6.93. The second-order valence-electron chi connectivity index (χ2n) is 9.10. The zero-order valence-electron chi connectivity index (χ0n) is 13.8. The summed E-state index contributed by atoms with van der Waals surface area (Å²) in [5.41, 5.74) is 0.0168. The Morgan fingerprint density at radius 3 is 2.68 bits per heavy atom. The number of hydrogen-bond donors (Lipinski definition) is 1. The molecule has 4 aliphatic carbocycles. The molecule has 4 saturated carbocycles. The van der Waals surface area contributed by atoms with Crippen LogP contribution in [0.5, 0.6) is 0 Å². The number of aliphatic hydroxyl groups is 1. The van der Waals surface area contributed by atoms with Crippen molar-refractivity contribution in [3.8, 4) is 0 Å². The summed E-state index contributed by atoms with van der Waals surface area (Å²) in [5, 5.41) is 10.8. The van der Waals surface area contributed by atoms with Crippen LogP contribution in [0.3, 0.4) is 0 Å². The highest BCUT2D eigenvalue weighted by Crippen LogP contribution is 2.64. The van der Waals surface area contributed by atoms with Crippen molar-refractivity contribution in [2.45, 2.75) is 71.3 Å². The first-order chi connectivity index (χ1) is 10.3. The van der Waals surface area contributed by atoms with Crippen LogP contribution in [0.1, 0.15) is 65.2 Å². The number of carbonyl (C=O) groups is 2. The van der Waals surface area contributed by atoms with Crippen molar-refractivity contribution < 1.29 is 14.7 Å². The third kappa shape index (κ3) is 1.84. The van der Waals surface area contributed by atoms with Gasteiger partial charge in [-0.3, -0.25) is 9.59 Å². The highest BCUT2D eigenvalue weighted by molar-refractivity contribution is 5.85. The third-order valence-electron chi connectivity index (χ3n) is 7.95. The van der Waals surface area contributed by atoms with Gasteiger partial charge in [0.1, 0.15) is 11.6 Å². The van der Waals surface area contributed by atoms with Gasteiger partial charge in [-0.25, -0.2) is 0 Å². The Morgan fingerprint density at radius 1 is 1.14 bits per heavy atom. The van der Waals surface area contributed by atoms with E-state index in [1.807, 2.05) is 0 Å². The summed E-state index contributed by atoms with van der Waals surface area (Å²) >= 11 is 0. The second kappa shape index (κ2) is 4.66. The SMILES string of the molecule is C[C@@]12CCC[C@H]1[C@@H]1CC(O)C3CC(=O)CC[C@]3(C)[C@H]1C(=O)C2. The highest BCUT2D eigenvalue weighted by atomic mass is 16.3. The van der Waals surface area contributed by atoms with Gasteiger partial charge >= 0.3 is 0 Å². The molecule has 0 aliphatic heterocycles. The molecule has 0 aromatic carbocycles. The lowest BCUT2D eigenvalue weighted by molar-refractivity contribution is -0.173. The average Bonchev–Trinajstić information content (AvgIpc) is 2.82. The quantitative estimate of drug-likeness (QED) is 0.748. The topological polar surface area (TPSA) is 54.4 Å². The average molecular weight is 304 g/mol. The molecule has 0 saturated heterocycles. The van der Waals surface area contributed by atoms with Crippen LogP contribution in [0.2, 0.25) is 0 Å². The number of rotatable bonds is 0. The molecule has 0 aromatic rings. The molecule has 2 unspecified atom stereocenters. The van der Waals surface area contributed by atoms with Crippen LogP contribution in [0.4, 0.5) is 0 Å². The van der Waals surface area contributed by atoms with Crippen molar-refractivity contribution in [2.24, 2.45) is 34.5 Å². The van der Waals surface area contributed by atoms with E-state index in [0.717, 1.165) is 19.3 Å². The molecule has 0 spiro atoms. The minimum atomic E-state index is -0.397. The monoisotopic (exact) mass is 304 g/mol. The number of aliphatic hydroxyl groups excluding tert-OH is 1. The lowest BCUT2D eigenvalue weighted by atomic mass is 9.44. The van der Waals surface area contributed by atoms with Gasteiger partial charge < -0.3 is 5.11 Å². The summed E-state index contributed by atoms with van der Waals surface area (Å²) in [5.74, 6) is 1.74. The maximum Gasteiger partial charge on any atom is 0.137 e. The third-order valence-corrected chi connectivity index (χ3v) is 7.95. The number of hydrogen-bond acceptors (Lipinski definition) is 3. The lowest BCUT2D eigenvalue weighted by Gasteiger charge is -2.59. The van der Waals surface area contributed by atoms with Crippen molar-refractivity contribution in [3.63, 3.8) is 0 Å². The zero-order valence-corrected chi connectivity index (χ0v) is 13.8. The smallest absolute Gasteiger partial charge is 0.137 e. The van der Waals surface area contributed by atoms with E-state index in [2.05, 4.69) is 13.8 Å². The molecular formula is C19H28O3. The molecule has 0 bridgehead atoms. The highest BCUT2D eigenvalue weighted by Gasteiger charge is 2.63. The molecule has 7 atom stereocenters. The van der Waals surface area contributed by atoms with E-state index in [-0.39, 0.29) is 28.4 Å². The molecule has 4 fully saturated rings. The minimum absolute atomic E-state index is 0.00436. The van der Waals surface area contributed by atoms with Gasteiger partial charge in [-0.2, -0.15) is 0 Å². The number of Topliss-reactive ketones (excluding diaryl/α,β-unsaturated/α-hetero) is 2. The van der Waals surface area contributed by atoms with Gasteiger partial charge in [0.15, 0.2) is 0 Å². The lowest BCUT2D eigenvalue weighted by Crippen LogP contribution is -2.60. The minimum Gasteiger partial charge on any atom is -0.393 e. The first kappa shape index (κ1) is 14.9. The van der Waals surface area contributed by atoms with Crippen LogP contribution in [0.15, 0.2) is 0 Å². The molecule has 122 valence electrons. The second-order valence-corrected chi connectivity index (χ2v) is 9.10. The fraction of sp³-hybridized carbons (Fsp3) is 0.895. The molecule has 0 heterocycles. The van der Waals surface area contributed by atoms with E-state index in [4.69, 9.17) is 0 Å². The Kier molecular flexibility index (Phi) is 3.15. The van der Waals surface area contributed by atoms with E-state index in [0.29, 0.717) is 30.5 Å². The van der Waals surface area contributed by atoms with E-state index >= 15 is 0 Å². The van der Waals surface area contributed by atoms with Gasteiger partial charge in [-0.15, -0.1) is 0 Å². The number of ketones is 2. The first-order valence-electron chi connectivity index (χ1n) is 9.08. The fourth-order valence-corrected chi connectivity index (χ4v) is 6.93. The molecule has 22 heavy (non-hydrogen) atoms. The normalized spacial score (nSPS) is 54.6. The summed E-state index contributed by atoms with van der Waals surface area (Å²) in [4.78, 5) is 24.9. The van der Waals surface area contributed by atoms with Crippen LogP contribution in [0, 0.1) is 34.5 Å². The molecular weight excluding hydrogens is 276 g/mol. The number of fused-ring (bicyclic) bond motifs is 5. The summed E-state index contributed by atoms with van der Waals surface area (Å²) in [6.07, 6.45) is 6.56. The summed E-state index contributed by atoms with van der Waals surface area (Å²) < 4.78 is 0. The Labute approximate surface area is 132 Å². The standard InChI is InChI=1S/C19H28O3/c1-18-6-3-4-13(18)12-9-15(21)14-8-11(20)5-7-19(14,2)17(12)16(22)10-18/h12-15,17,21H,3-10H2,1-2H3/t12-,13-,14?,15?,17+,18-,19-/m0/s1. The van der Waals surface area contributed by atoms with Gasteiger partial charge in [0.05, 0.1) is 6.10 Å². The Balaban J connectivity index is 1.74. The van der Waals surface area contributed by atoms with E-state index in [1.165, 1.54) is 19.3 Å². The Bertz CT molecular complexity index is 527. The van der Waals surface area contributed by atoms with Gasteiger partial charge in [0, 0.05) is 25.2 Å². The number of carbonyl (C=O) groups excluding carboxylic acids is 2. The summed E-state index contributed by atoms with van der Waals surface area (Å²) in [6, 6.07) is 0. The summed E-state index contributed by atoms with van der Waals surface area (Å²) in [7, 11) is 0. The van der Waals surface area contributed by atoms with Crippen molar-refractivity contribution >= 4 is 11.6 Å². The van der Waals surface area contributed by atoms with Gasteiger partial charge in [0.2, 0.25) is 0 Å². The van der Waals surface area contributed by atoms with Crippen molar-refractivity contribution in [2.75, 3.05) is 0 Å². The van der Waals surface area contributed by atoms with Crippen LogP contribution in [-0.4, -0.2) is 22.8 Å². The molecule has 1 N–H and O–H groups in total. The van der Waals surface area contributed by atoms with Crippen molar-refractivity contribution in [1.29, 1.82) is 0 Å². The molecule has 0 aromatic heterocycles. The predicted octanol–water partition coefficient (Wildman–Crippen LogP) is 3.14. The first-order valence-corrected chi connectivity index (χ1v) is 9.08. The van der Waals surface area contributed by atoms with E-state index in [9.17, 15) is 14.7 Å². The molecule has 4 rings (SSSR count). The summed E-state index contributed by atoms with van der Waals surface area (Å²) in [6.45, 7) is 4.49. The van der Waals surface area contributed by atoms with Gasteiger partial charge in [-0.05, 0) is 54.3 Å². The van der Waals surface area contributed by atoms with Crippen LogP contribution >= 0.6 is 0 Å². The molecule has 3 heteroatoms. The van der Waals surface area contributed by atoms with Crippen molar-refractivity contribution in [3.05, 3.63) is 0 Å². The molecule has 4 aliphatic rings. The Hall–Kier alpha value is -0.700. The Morgan fingerprint density at radius 2 is 1.91 bits per heavy atom. The van der Waals surface area contributed by atoms with E-state index < -0.39 is 6.10 Å². The van der Waals surface area contributed by atoms with Gasteiger partial charge in [0.25, 0.3) is 0 Å². The zero-order chi connectivity index (χ0) is 15.7. The largest absolute Gasteiger partial charge is 0.393 e. The maximum atomic E-state index is 13.1. The molecule has 0 radical (unpaired) electrons. The molecule has 3 nitrogen and oxygen atoms in total. The van der Waals surface area contributed by atoms with Crippen molar-refractivity contribution in [1.82, 2.24) is 0 Å². The van der Waals surface area contributed by atoms with Crippen LogP contribution in [-0.2, 0) is 9.59 Å².